The molecule has 4 aromatic rings. The number of fused-ring (bicyclic) bond motifs is 2. The molecule has 0 aliphatic carbocycles. The third-order valence-corrected chi connectivity index (χ3v) is 7.74. The molecular formula is C32H30Cl2N4O9. The molecular weight excluding hydrogens is 655 g/mol. The van der Waals surface area contributed by atoms with Crippen LogP contribution in [0.5, 0.6) is 0 Å². The van der Waals surface area contributed by atoms with E-state index in [4.69, 9.17) is 28.3 Å². The van der Waals surface area contributed by atoms with Crippen molar-refractivity contribution in [1.29, 1.82) is 0 Å². The minimum absolute atomic E-state index is 0.0552. The number of H-pyrrole nitrogens is 1. The Labute approximate surface area is 277 Å². The molecule has 13 nitrogen and oxygen atoms in total. The molecule has 0 bridgehead atoms. The van der Waals surface area contributed by atoms with Crippen molar-refractivity contribution < 1.29 is 43.7 Å². The molecule has 1 heterocycles. The molecule has 4 rings (SSSR count). The average Bonchev–Trinajstić information content (AvgIpc) is 3.46. The fourth-order valence-corrected chi connectivity index (χ4v) is 5.48. The van der Waals surface area contributed by atoms with Crippen LogP contribution in [0.3, 0.4) is 0 Å². The Balaban J connectivity index is 1.61. The van der Waals surface area contributed by atoms with E-state index in [0.29, 0.717) is 21.5 Å². The lowest BCUT2D eigenvalue weighted by atomic mass is 10.0. The molecule has 3 atom stereocenters. The second-order valence-electron chi connectivity index (χ2n) is 10.6. The third-order valence-electron chi connectivity index (χ3n) is 7.23. The van der Waals surface area contributed by atoms with Crippen LogP contribution in [0.25, 0.3) is 21.7 Å². The zero-order valence-corrected chi connectivity index (χ0v) is 26.4. The van der Waals surface area contributed by atoms with Gasteiger partial charge in [-0.15, -0.1) is 0 Å². The van der Waals surface area contributed by atoms with Crippen molar-refractivity contribution in [3.8, 4) is 0 Å². The van der Waals surface area contributed by atoms with Crippen molar-refractivity contribution in [3.63, 3.8) is 0 Å². The number of nitrogens with one attached hydrogen (secondary N) is 4. The van der Waals surface area contributed by atoms with Crippen LogP contribution in [0.4, 0.5) is 0 Å². The van der Waals surface area contributed by atoms with Crippen molar-refractivity contribution in [1.82, 2.24) is 20.9 Å². The van der Waals surface area contributed by atoms with E-state index in [2.05, 4.69) is 25.7 Å². The summed E-state index contributed by atoms with van der Waals surface area (Å²) in [6.07, 6.45) is -1.79. The number of halogens is 2. The summed E-state index contributed by atoms with van der Waals surface area (Å²) in [5.41, 5.74) is 1.15. The first kappa shape index (κ1) is 34.7. The van der Waals surface area contributed by atoms with Gasteiger partial charge in [-0.05, 0) is 41.0 Å². The molecule has 0 saturated carbocycles. The summed E-state index contributed by atoms with van der Waals surface area (Å²) < 4.78 is 4.63. The van der Waals surface area contributed by atoms with Gasteiger partial charge in [-0.25, -0.2) is 4.79 Å². The quantitative estimate of drug-likeness (QED) is 0.107. The van der Waals surface area contributed by atoms with Gasteiger partial charge < -0.3 is 35.9 Å². The Kier molecular flexibility index (Phi) is 11.4. The van der Waals surface area contributed by atoms with E-state index in [9.17, 15) is 33.9 Å². The Morgan fingerprint density at radius 3 is 2.15 bits per heavy atom. The van der Waals surface area contributed by atoms with Gasteiger partial charge in [0.25, 0.3) is 5.91 Å². The molecule has 3 aromatic carbocycles. The summed E-state index contributed by atoms with van der Waals surface area (Å²) in [5.74, 6) is -6.32. The van der Waals surface area contributed by atoms with Gasteiger partial charge in [-0.3, -0.25) is 24.0 Å². The van der Waals surface area contributed by atoms with Gasteiger partial charge in [0.2, 0.25) is 11.8 Å². The zero-order valence-electron chi connectivity index (χ0n) is 24.8. The molecule has 15 heteroatoms. The number of carbonyl (C=O) groups excluding carboxylic acids is 4. The van der Waals surface area contributed by atoms with E-state index in [-0.39, 0.29) is 23.6 Å². The number of amides is 3. The number of aromatic amines is 1. The molecule has 6 N–H and O–H groups in total. The van der Waals surface area contributed by atoms with Gasteiger partial charge in [0.1, 0.15) is 23.8 Å². The standard InChI is InChI=1S/C32H30Cl2N4O9/c1-47-32(46)22(8-9-26(39)40)36-31(45)25(15-27(41)42)38-29(43)23(11-16-6-7-17-4-2-3-5-18(17)10-16)37-30(44)24-13-19-12-20(33)14-21(34)28(19)35-24/h2-7,10,12-14,22-23,25,35H,8-9,11,15H2,1H3,(H,36,45)(H,37,44)(H,38,43)(H,39,40)(H,41,42)/t22-,23-,25-/m0/s1. The molecule has 0 radical (unpaired) electrons. The van der Waals surface area contributed by atoms with Crippen LogP contribution in [0.2, 0.25) is 10.0 Å². The molecule has 0 aliphatic heterocycles. The Morgan fingerprint density at radius 1 is 0.787 bits per heavy atom. The first-order valence-electron chi connectivity index (χ1n) is 14.2. The predicted molar refractivity (Wildman–Crippen MR) is 172 cm³/mol. The lowest BCUT2D eigenvalue weighted by Crippen LogP contribution is -2.56. The van der Waals surface area contributed by atoms with Crippen LogP contribution in [0.15, 0.2) is 60.7 Å². The van der Waals surface area contributed by atoms with Crippen molar-refractivity contribution in [3.05, 3.63) is 82.0 Å². The summed E-state index contributed by atoms with van der Waals surface area (Å²) in [7, 11) is 1.04. The first-order valence-corrected chi connectivity index (χ1v) is 15.0. The summed E-state index contributed by atoms with van der Waals surface area (Å²) in [5, 5.41) is 28.8. The van der Waals surface area contributed by atoms with Crippen LogP contribution < -0.4 is 16.0 Å². The normalized spacial score (nSPS) is 12.9. The van der Waals surface area contributed by atoms with Gasteiger partial charge in [0.15, 0.2) is 0 Å². The van der Waals surface area contributed by atoms with Crippen molar-refractivity contribution in [2.75, 3.05) is 7.11 Å². The molecule has 47 heavy (non-hydrogen) atoms. The molecule has 0 aliphatic rings. The van der Waals surface area contributed by atoms with E-state index in [1.54, 1.807) is 12.1 Å². The number of rotatable bonds is 14. The van der Waals surface area contributed by atoms with E-state index >= 15 is 0 Å². The number of aromatic nitrogens is 1. The van der Waals surface area contributed by atoms with Crippen molar-refractivity contribution in [2.24, 2.45) is 0 Å². The highest BCUT2D eigenvalue weighted by atomic mass is 35.5. The topological polar surface area (TPSA) is 204 Å². The maximum atomic E-state index is 13.7. The number of hydrogen-bond donors (Lipinski definition) is 6. The number of carboxylic acids is 2. The minimum atomic E-state index is -1.71. The van der Waals surface area contributed by atoms with Gasteiger partial charge in [0.05, 0.1) is 24.1 Å². The number of ether oxygens (including phenoxy) is 1. The van der Waals surface area contributed by atoms with Crippen LogP contribution >= 0.6 is 23.2 Å². The number of carbonyl (C=O) groups is 6. The minimum Gasteiger partial charge on any atom is -0.481 e. The van der Waals surface area contributed by atoms with Crippen LogP contribution in [0.1, 0.15) is 35.3 Å². The maximum absolute atomic E-state index is 13.7. The summed E-state index contributed by atoms with van der Waals surface area (Å²) in [4.78, 5) is 78.1. The van der Waals surface area contributed by atoms with Crippen molar-refractivity contribution >= 4 is 80.5 Å². The summed E-state index contributed by atoms with van der Waals surface area (Å²) in [6, 6.07) is 13.1. The fraction of sp³-hybridized carbons (Fsp3) is 0.250. The number of methoxy groups -OCH3 is 1. The second-order valence-corrected chi connectivity index (χ2v) is 11.5. The van der Waals surface area contributed by atoms with Gasteiger partial charge in [0, 0.05) is 23.3 Å². The molecule has 1 aromatic heterocycles. The highest BCUT2D eigenvalue weighted by Gasteiger charge is 2.32. The zero-order chi connectivity index (χ0) is 34.2. The Morgan fingerprint density at radius 2 is 1.47 bits per heavy atom. The summed E-state index contributed by atoms with van der Waals surface area (Å²) in [6.45, 7) is 0. The monoisotopic (exact) mass is 684 g/mol. The molecule has 0 saturated heterocycles. The lowest BCUT2D eigenvalue weighted by Gasteiger charge is -2.24. The Hall–Kier alpha value is -5.14. The average molecular weight is 686 g/mol. The summed E-state index contributed by atoms with van der Waals surface area (Å²) >= 11 is 12.4. The molecule has 0 fully saturated rings. The largest absolute Gasteiger partial charge is 0.481 e. The van der Waals surface area contributed by atoms with Crippen LogP contribution in [0, 0.1) is 0 Å². The molecule has 246 valence electrons. The second kappa shape index (κ2) is 15.4. The molecule has 0 unspecified atom stereocenters. The van der Waals surface area contributed by atoms with Crippen LogP contribution in [-0.4, -0.2) is 76.1 Å². The van der Waals surface area contributed by atoms with E-state index in [0.717, 1.165) is 17.9 Å². The number of hydrogen-bond acceptors (Lipinski definition) is 7. The SMILES string of the molecule is COC(=O)[C@H](CCC(=O)O)NC(=O)[C@H](CC(=O)O)NC(=O)[C@H](Cc1ccc2ccccc2c1)NC(=O)c1cc2cc(Cl)cc(Cl)c2[nH]1. The Bertz CT molecular complexity index is 1860. The smallest absolute Gasteiger partial charge is 0.328 e. The number of aliphatic carboxylic acids is 2. The lowest BCUT2D eigenvalue weighted by molar-refractivity contribution is -0.146. The molecule has 3 amide bonds. The van der Waals surface area contributed by atoms with Gasteiger partial charge in [-0.2, -0.15) is 0 Å². The highest BCUT2D eigenvalue weighted by Crippen LogP contribution is 2.28. The number of carboxylic acid groups (broad SMARTS) is 2. The van der Waals surface area contributed by atoms with Gasteiger partial charge in [-0.1, -0.05) is 65.7 Å². The molecule has 0 spiro atoms. The number of esters is 1. The van der Waals surface area contributed by atoms with E-state index in [1.807, 2.05) is 36.4 Å². The highest BCUT2D eigenvalue weighted by molar-refractivity contribution is 6.38. The first-order chi connectivity index (χ1) is 22.3. The van der Waals surface area contributed by atoms with E-state index < -0.39 is 66.6 Å². The fourth-order valence-electron chi connectivity index (χ4n) is 4.92. The maximum Gasteiger partial charge on any atom is 0.328 e. The number of benzene rings is 3. The van der Waals surface area contributed by atoms with Crippen LogP contribution in [-0.2, 0) is 35.1 Å². The van der Waals surface area contributed by atoms with E-state index in [1.165, 1.54) is 12.1 Å². The third kappa shape index (κ3) is 9.21. The predicted octanol–water partition coefficient (Wildman–Crippen LogP) is 3.45. The van der Waals surface area contributed by atoms with Crippen molar-refractivity contribution in [2.45, 2.75) is 43.8 Å². The van der Waals surface area contributed by atoms with Gasteiger partial charge >= 0.3 is 17.9 Å².